The lowest BCUT2D eigenvalue weighted by atomic mass is 10.0. The smallest absolute Gasteiger partial charge is 0.0348 e. The fourth-order valence-electron chi connectivity index (χ4n) is 4.54. The van der Waals surface area contributed by atoms with Crippen LogP contribution in [0.15, 0.2) is 36.5 Å². The topological polar surface area (TPSA) is 0 Å². The van der Waals surface area contributed by atoms with Crippen LogP contribution in [0.2, 0.25) is 0 Å². The monoisotopic (exact) mass is 414 g/mol. The summed E-state index contributed by atoms with van der Waals surface area (Å²) >= 11 is 0. The van der Waals surface area contributed by atoms with Crippen molar-refractivity contribution in [2.75, 3.05) is 0 Å². The van der Waals surface area contributed by atoms with Gasteiger partial charge in [-0.1, -0.05) is 165 Å². The van der Waals surface area contributed by atoms with Crippen LogP contribution >= 0.6 is 0 Å². The molecule has 0 heterocycles. The highest BCUT2D eigenvalue weighted by atomic mass is 14.0. The molecule has 1 rings (SSSR count). The van der Waals surface area contributed by atoms with E-state index in [2.05, 4.69) is 36.5 Å². The van der Waals surface area contributed by atoms with Gasteiger partial charge >= 0.3 is 0 Å². The zero-order valence-corrected chi connectivity index (χ0v) is 20.4. The van der Waals surface area contributed by atoms with E-state index in [1.54, 1.807) is 0 Å². The molecular formula is C30H54. The van der Waals surface area contributed by atoms with Gasteiger partial charge in [0, 0.05) is 0 Å². The standard InChI is InChI=1S/C30H54/c1-2-4-6-8-10-12-14-16-18-20-22-24-26-28-30-29-27-25-23-21-19-17-15-13-11-9-7-5-3-1/h1-6H,7-30H2. The SMILES string of the molecule is C1=CC=CCCCCCCCCCCCCCCCCCCCCCCCCC=C1. The molecule has 0 nitrogen and oxygen atoms in total. The van der Waals surface area contributed by atoms with Crippen molar-refractivity contribution in [3.8, 4) is 0 Å². The lowest BCUT2D eigenvalue weighted by Crippen LogP contribution is -1.84. The Morgan fingerprint density at radius 1 is 0.200 bits per heavy atom. The van der Waals surface area contributed by atoms with E-state index in [0.717, 1.165) is 0 Å². The van der Waals surface area contributed by atoms with E-state index in [0.29, 0.717) is 0 Å². The van der Waals surface area contributed by atoms with E-state index in [1.165, 1.54) is 154 Å². The van der Waals surface area contributed by atoms with E-state index in [4.69, 9.17) is 0 Å². The van der Waals surface area contributed by atoms with E-state index in [1.807, 2.05) is 0 Å². The first-order chi connectivity index (χ1) is 15.0. The fraction of sp³-hybridized carbons (Fsp3) is 0.800. The third-order valence-corrected chi connectivity index (χ3v) is 6.60. The summed E-state index contributed by atoms with van der Waals surface area (Å²) in [6.07, 6.45) is 48.0. The van der Waals surface area contributed by atoms with Crippen LogP contribution in [0, 0.1) is 0 Å². The van der Waals surface area contributed by atoms with Gasteiger partial charge < -0.3 is 0 Å². The molecular weight excluding hydrogens is 360 g/mol. The molecule has 0 heteroatoms. The quantitative estimate of drug-likeness (QED) is 0.369. The van der Waals surface area contributed by atoms with E-state index in [9.17, 15) is 0 Å². The Morgan fingerprint density at radius 3 is 0.633 bits per heavy atom. The molecule has 0 aromatic carbocycles. The fourth-order valence-corrected chi connectivity index (χ4v) is 4.54. The van der Waals surface area contributed by atoms with Gasteiger partial charge in [0.25, 0.3) is 0 Å². The zero-order valence-electron chi connectivity index (χ0n) is 20.4. The van der Waals surface area contributed by atoms with Crippen molar-refractivity contribution < 1.29 is 0 Å². The Labute approximate surface area is 190 Å². The normalized spacial score (nSPS) is 22.4. The van der Waals surface area contributed by atoms with Gasteiger partial charge in [0.1, 0.15) is 0 Å². The van der Waals surface area contributed by atoms with Gasteiger partial charge in [-0.2, -0.15) is 0 Å². The predicted octanol–water partition coefficient (Wildman–Crippen LogP) is 11.0. The van der Waals surface area contributed by atoms with Crippen LogP contribution in [0.5, 0.6) is 0 Å². The maximum atomic E-state index is 2.34. The lowest BCUT2D eigenvalue weighted by Gasteiger charge is -2.04. The molecule has 0 N–H and O–H groups in total. The summed E-state index contributed by atoms with van der Waals surface area (Å²) < 4.78 is 0. The van der Waals surface area contributed by atoms with Gasteiger partial charge in [0.15, 0.2) is 0 Å². The molecule has 1 aliphatic rings. The number of hydrogen-bond donors (Lipinski definition) is 0. The summed E-state index contributed by atoms with van der Waals surface area (Å²) in [6.45, 7) is 0. The van der Waals surface area contributed by atoms with Gasteiger partial charge in [-0.25, -0.2) is 0 Å². The molecule has 0 radical (unpaired) electrons. The van der Waals surface area contributed by atoms with E-state index < -0.39 is 0 Å². The van der Waals surface area contributed by atoms with Crippen molar-refractivity contribution in [1.82, 2.24) is 0 Å². The van der Waals surface area contributed by atoms with Crippen LogP contribution in [-0.4, -0.2) is 0 Å². The Hall–Kier alpha value is -0.780. The molecule has 0 aromatic rings. The first-order valence-electron chi connectivity index (χ1n) is 14.0. The van der Waals surface area contributed by atoms with E-state index in [-0.39, 0.29) is 0 Å². The van der Waals surface area contributed by atoms with Crippen LogP contribution in [0.25, 0.3) is 0 Å². The van der Waals surface area contributed by atoms with Crippen LogP contribution in [-0.2, 0) is 0 Å². The number of allylic oxidation sites excluding steroid dienone is 6. The molecule has 0 spiro atoms. The Balaban J connectivity index is 2.11. The molecule has 30 heavy (non-hydrogen) atoms. The largest absolute Gasteiger partial charge is 0.0845 e. The highest BCUT2D eigenvalue weighted by Crippen LogP contribution is 2.15. The summed E-state index contributed by atoms with van der Waals surface area (Å²) in [7, 11) is 0. The van der Waals surface area contributed by atoms with Crippen molar-refractivity contribution in [3.05, 3.63) is 36.5 Å². The minimum absolute atomic E-state index is 1.24. The van der Waals surface area contributed by atoms with Crippen LogP contribution < -0.4 is 0 Å². The second-order valence-corrected chi connectivity index (χ2v) is 9.60. The van der Waals surface area contributed by atoms with Crippen LogP contribution in [0.4, 0.5) is 0 Å². The Morgan fingerprint density at radius 2 is 0.400 bits per heavy atom. The maximum Gasteiger partial charge on any atom is -0.0348 e. The first-order valence-corrected chi connectivity index (χ1v) is 14.0. The highest BCUT2D eigenvalue weighted by Gasteiger charge is 1.96. The Kier molecular flexibility index (Phi) is 22.2. The average molecular weight is 415 g/mol. The van der Waals surface area contributed by atoms with Crippen molar-refractivity contribution in [2.24, 2.45) is 0 Å². The molecule has 0 unspecified atom stereocenters. The van der Waals surface area contributed by atoms with Crippen molar-refractivity contribution in [3.63, 3.8) is 0 Å². The maximum absolute atomic E-state index is 2.34. The molecule has 0 aliphatic heterocycles. The lowest BCUT2D eigenvalue weighted by molar-refractivity contribution is 0.518. The zero-order chi connectivity index (χ0) is 21.2. The molecule has 0 amide bonds. The summed E-state index contributed by atoms with van der Waals surface area (Å²) in [6, 6.07) is 0. The highest BCUT2D eigenvalue weighted by molar-refractivity contribution is 5.10. The molecule has 0 atom stereocenters. The van der Waals surface area contributed by atoms with Gasteiger partial charge in [0.2, 0.25) is 0 Å². The Bertz CT molecular complexity index is 362. The summed E-state index contributed by atoms with van der Waals surface area (Å²) in [5.41, 5.74) is 0. The summed E-state index contributed by atoms with van der Waals surface area (Å²) in [5, 5.41) is 0. The van der Waals surface area contributed by atoms with Crippen molar-refractivity contribution >= 4 is 0 Å². The van der Waals surface area contributed by atoms with Crippen LogP contribution in [0.1, 0.15) is 154 Å². The van der Waals surface area contributed by atoms with Crippen molar-refractivity contribution in [1.29, 1.82) is 0 Å². The molecule has 0 saturated carbocycles. The summed E-state index contributed by atoms with van der Waals surface area (Å²) in [4.78, 5) is 0. The molecule has 1 aliphatic carbocycles. The van der Waals surface area contributed by atoms with Crippen LogP contribution in [0.3, 0.4) is 0 Å². The first kappa shape index (κ1) is 27.3. The summed E-state index contributed by atoms with van der Waals surface area (Å²) in [5.74, 6) is 0. The molecule has 0 fully saturated rings. The van der Waals surface area contributed by atoms with Gasteiger partial charge in [-0.3, -0.25) is 0 Å². The number of hydrogen-bond acceptors (Lipinski definition) is 0. The predicted molar refractivity (Wildman–Crippen MR) is 138 cm³/mol. The van der Waals surface area contributed by atoms with Gasteiger partial charge in [-0.05, 0) is 25.7 Å². The second kappa shape index (κ2) is 24.5. The molecule has 174 valence electrons. The third kappa shape index (κ3) is 21.9. The van der Waals surface area contributed by atoms with Crippen molar-refractivity contribution in [2.45, 2.75) is 154 Å². The second-order valence-electron chi connectivity index (χ2n) is 9.60. The molecule has 0 saturated heterocycles. The van der Waals surface area contributed by atoms with Gasteiger partial charge in [0.05, 0.1) is 0 Å². The average Bonchev–Trinajstić information content (AvgIpc) is 2.76. The van der Waals surface area contributed by atoms with Gasteiger partial charge in [-0.15, -0.1) is 0 Å². The molecule has 0 bridgehead atoms. The number of rotatable bonds is 0. The minimum atomic E-state index is 1.24. The third-order valence-electron chi connectivity index (χ3n) is 6.60. The molecule has 0 aromatic heterocycles. The minimum Gasteiger partial charge on any atom is -0.0845 e. The van der Waals surface area contributed by atoms with E-state index >= 15 is 0 Å².